The third-order valence-corrected chi connectivity index (χ3v) is 3.73. The van der Waals surface area contributed by atoms with Crippen LogP contribution in [0.2, 0.25) is 0 Å². The van der Waals surface area contributed by atoms with Gasteiger partial charge in [0.25, 0.3) is 0 Å². The first-order valence-electron chi connectivity index (χ1n) is 8.47. The molecule has 3 aromatic carbocycles. The molecule has 0 saturated heterocycles. The van der Waals surface area contributed by atoms with Crippen molar-refractivity contribution in [1.82, 2.24) is 0 Å². The van der Waals surface area contributed by atoms with E-state index in [-0.39, 0.29) is 5.97 Å². The van der Waals surface area contributed by atoms with Crippen molar-refractivity contribution in [2.75, 3.05) is 12.4 Å². The first kappa shape index (κ1) is 18.2. The zero-order valence-electron chi connectivity index (χ0n) is 15.2. The van der Waals surface area contributed by atoms with Gasteiger partial charge in [-0.1, -0.05) is 18.2 Å². The number of benzene rings is 3. The Morgan fingerprint density at radius 1 is 0.926 bits per heavy atom. The second kappa shape index (κ2) is 8.67. The molecule has 0 aromatic heterocycles. The van der Waals surface area contributed by atoms with Gasteiger partial charge in [0.05, 0.1) is 12.8 Å². The van der Waals surface area contributed by atoms with Gasteiger partial charge in [0.15, 0.2) is 11.5 Å². The fourth-order valence-electron chi connectivity index (χ4n) is 2.47. The Balaban J connectivity index is 1.69. The number of esters is 1. The molecule has 0 aliphatic heterocycles. The highest BCUT2D eigenvalue weighted by Gasteiger charge is 2.07. The number of ether oxygens (including phenoxy) is 2. The molecule has 0 saturated carbocycles. The van der Waals surface area contributed by atoms with Crippen LogP contribution in [0.5, 0.6) is 11.5 Å². The van der Waals surface area contributed by atoms with Crippen LogP contribution in [0.3, 0.4) is 0 Å². The van der Waals surface area contributed by atoms with E-state index in [4.69, 9.17) is 9.47 Å². The third-order valence-electron chi connectivity index (χ3n) is 3.73. The Morgan fingerprint density at radius 3 is 2.30 bits per heavy atom. The van der Waals surface area contributed by atoms with E-state index >= 15 is 0 Å². The lowest BCUT2D eigenvalue weighted by Crippen LogP contribution is -2.03. The summed E-state index contributed by atoms with van der Waals surface area (Å²) < 4.78 is 10.4. The van der Waals surface area contributed by atoms with E-state index in [1.165, 1.54) is 14.0 Å². The zero-order chi connectivity index (χ0) is 19.1. The maximum absolute atomic E-state index is 11.1. The Kier molecular flexibility index (Phi) is 5.84. The summed E-state index contributed by atoms with van der Waals surface area (Å²) in [5.41, 5.74) is 3.70. The van der Waals surface area contributed by atoms with E-state index in [0.29, 0.717) is 11.5 Å². The molecule has 0 atom stereocenters. The van der Waals surface area contributed by atoms with Crippen LogP contribution >= 0.6 is 0 Å². The van der Waals surface area contributed by atoms with Gasteiger partial charge in [0.1, 0.15) is 0 Å². The summed E-state index contributed by atoms with van der Waals surface area (Å²) in [7, 11) is 1.53. The topological polar surface area (TPSA) is 59.9 Å². The van der Waals surface area contributed by atoms with Crippen LogP contribution < -0.4 is 14.8 Å². The summed E-state index contributed by atoms with van der Waals surface area (Å²) in [6, 6.07) is 23.1. The molecule has 0 radical (unpaired) electrons. The number of carbonyl (C=O) groups is 1. The van der Waals surface area contributed by atoms with E-state index in [9.17, 15) is 4.79 Å². The van der Waals surface area contributed by atoms with E-state index in [2.05, 4.69) is 10.3 Å². The lowest BCUT2D eigenvalue weighted by Gasteiger charge is -2.08. The van der Waals surface area contributed by atoms with Crippen LogP contribution in [0.15, 0.2) is 77.8 Å². The fourth-order valence-corrected chi connectivity index (χ4v) is 2.47. The molecule has 1 N–H and O–H groups in total. The van der Waals surface area contributed by atoms with Crippen molar-refractivity contribution < 1.29 is 14.3 Å². The maximum atomic E-state index is 11.1. The zero-order valence-corrected chi connectivity index (χ0v) is 15.2. The standard InChI is InChI=1S/C22H20N2O3/c1-16(25)27-21-13-8-17(14-22(21)26-2)15-23-18-9-11-20(12-10-18)24-19-6-4-3-5-7-19/h3-15,24H,1-2H3. The number of anilines is 2. The number of methoxy groups -OCH3 is 1. The van der Waals surface area contributed by atoms with Crippen molar-refractivity contribution >= 4 is 29.2 Å². The SMILES string of the molecule is COc1cc(C=Nc2ccc(Nc3ccccc3)cc2)ccc1OC(C)=O. The number of hydrogen-bond donors (Lipinski definition) is 1. The largest absolute Gasteiger partial charge is 0.493 e. The Morgan fingerprint density at radius 2 is 1.63 bits per heavy atom. The van der Waals surface area contributed by atoms with Gasteiger partial charge in [-0.15, -0.1) is 0 Å². The molecule has 0 aliphatic carbocycles. The van der Waals surface area contributed by atoms with E-state index in [1.807, 2.05) is 60.7 Å². The Hall–Kier alpha value is -3.60. The van der Waals surface area contributed by atoms with Crippen LogP contribution in [0.25, 0.3) is 0 Å². The average molecular weight is 360 g/mol. The van der Waals surface area contributed by atoms with Gasteiger partial charge in [0, 0.05) is 24.5 Å². The van der Waals surface area contributed by atoms with Gasteiger partial charge in [0.2, 0.25) is 0 Å². The highest BCUT2D eigenvalue weighted by atomic mass is 16.6. The highest BCUT2D eigenvalue weighted by molar-refractivity contribution is 5.83. The van der Waals surface area contributed by atoms with Crippen molar-refractivity contribution in [2.24, 2.45) is 4.99 Å². The Bertz CT molecular complexity index is 936. The van der Waals surface area contributed by atoms with Crippen molar-refractivity contribution in [3.63, 3.8) is 0 Å². The minimum atomic E-state index is -0.390. The molecule has 136 valence electrons. The number of nitrogens with zero attached hydrogens (tertiary/aromatic N) is 1. The number of para-hydroxylation sites is 1. The maximum Gasteiger partial charge on any atom is 0.308 e. The summed E-state index contributed by atoms with van der Waals surface area (Å²) >= 11 is 0. The summed E-state index contributed by atoms with van der Waals surface area (Å²) in [4.78, 5) is 15.6. The van der Waals surface area contributed by atoms with Gasteiger partial charge in [-0.3, -0.25) is 9.79 Å². The van der Waals surface area contributed by atoms with Crippen LogP contribution in [0, 0.1) is 0 Å². The van der Waals surface area contributed by atoms with Crippen LogP contribution in [0.1, 0.15) is 12.5 Å². The number of rotatable bonds is 6. The third kappa shape index (κ3) is 5.19. The molecule has 0 fully saturated rings. The van der Waals surface area contributed by atoms with E-state index in [0.717, 1.165) is 22.6 Å². The minimum absolute atomic E-state index is 0.387. The van der Waals surface area contributed by atoms with Crippen LogP contribution in [-0.4, -0.2) is 19.3 Å². The second-order valence-corrected chi connectivity index (χ2v) is 5.80. The fraction of sp³-hybridized carbons (Fsp3) is 0.0909. The van der Waals surface area contributed by atoms with Gasteiger partial charge >= 0.3 is 5.97 Å². The first-order valence-corrected chi connectivity index (χ1v) is 8.47. The predicted molar refractivity (Wildman–Crippen MR) is 108 cm³/mol. The lowest BCUT2D eigenvalue weighted by atomic mass is 10.2. The molecular formula is C22H20N2O3. The van der Waals surface area contributed by atoms with Crippen molar-refractivity contribution in [2.45, 2.75) is 6.92 Å². The van der Waals surface area contributed by atoms with Crippen molar-refractivity contribution in [1.29, 1.82) is 0 Å². The molecular weight excluding hydrogens is 340 g/mol. The monoisotopic (exact) mass is 360 g/mol. The molecule has 0 unspecified atom stereocenters. The number of hydrogen-bond acceptors (Lipinski definition) is 5. The molecule has 0 amide bonds. The average Bonchev–Trinajstić information content (AvgIpc) is 2.68. The molecule has 3 rings (SSSR count). The number of aliphatic imine (C=N–C) groups is 1. The molecule has 3 aromatic rings. The summed E-state index contributed by atoms with van der Waals surface area (Å²) in [6.45, 7) is 1.35. The quantitative estimate of drug-likeness (QED) is 0.377. The first-order chi connectivity index (χ1) is 13.1. The summed E-state index contributed by atoms with van der Waals surface area (Å²) in [5, 5.41) is 3.33. The summed E-state index contributed by atoms with van der Waals surface area (Å²) in [6.07, 6.45) is 1.74. The molecule has 0 aliphatic rings. The van der Waals surface area contributed by atoms with Crippen molar-refractivity contribution in [3.8, 4) is 11.5 Å². The number of nitrogens with one attached hydrogen (secondary N) is 1. The molecule has 5 nitrogen and oxygen atoms in total. The predicted octanol–water partition coefficient (Wildman–Crippen LogP) is 5.11. The van der Waals surface area contributed by atoms with Gasteiger partial charge in [-0.25, -0.2) is 0 Å². The van der Waals surface area contributed by atoms with Crippen LogP contribution in [-0.2, 0) is 4.79 Å². The highest BCUT2D eigenvalue weighted by Crippen LogP contribution is 2.28. The van der Waals surface area contributed by atoms with Crippen molar-refractivity contribution in [3.05, 3.63) is 78.4 Å². The minimum Gasteiger partial charge on any atom is -0.493 e. The Labute approximate surface area is 158 Å². The van der Waals surface area contributed by atoms with Crippen LogP contribution in [0.4, 0.5) is 17.1 Å². The smallest absolute Gasteiger partial charge is 0.308 e. The van der Waals surface area contributed by atoms with Gasteiger partial charge < -0.3 is 14.8 Å². The molecule has 0 spiro atoms. The molecule has 27 heavy (non-hydrogen) atoms. The van der Waals surface area contributed by atoms with Gasteiger partial charge in [-0.2, -0.15) is 0 Å². The van der Waals surface area contributed by atoms with E-state index in [1.54, 1.807) is 18.3 Å². The second-order valence-electron chi connectivity index (χ2n) is 5.80. The summed E-state index contributed by atoms with van der Waals surface area (Å²) in [5.74, 6) is 0.481. The van der Waals surface area contributed by atoms with E-state index < -0.39 is 0 Å². The normalized spacial score (nSPS) is 10.6. The van der Waals surface area contributed by atoms with Gasteiger partial charge in [-0.05, 0) is 60.2 Å². The molecule has 0 heterocycles. The lowest BCUT2D eigenvalue weighted by molar-refractivity contribution is -0.132. The molecule has 5 heteroatoms. The molecule has 0 bridgehead atoms. The number of carbonyl (C=O) groups excluding carboxylic acids is 1.